The Morgan fingerprint density at radius 3 is 2.95 bits per heavy atom. The first-order valence-electron chi connectivity index (χ1n) is 7.44. The molecule has 1 aromatic rings. The number of anilines is 1. The molecule has 1 N–H and O–H groups in total. The van der Waals surface area contributed by atoms with Gasteiger partial charge in [-0.3, -0.25) is 0 Å². The molecule has 3 nitrogen and oxygen atoms in total. The van der Waals surface area contributed by atoms with E-state index in [4.69, 9.17) is 11.6 Å². The van der Waals surface area contributed by atoms with Gasteiger partial charge in [0.25, 0.3) is 0 Å². The second-order valence-electron chi connectivity index (χ2n) is 5.70. The summed E-state index contributed by atoms with van der Waals surface area (Å²) in [7, 11) is 0. The van der Waals surface area contributed by atoms with Crippen LogP contribution in [0.25, 0.3) is 0 Å². The van der Waals surface area contributed by atoms with Gasteiger partial charge in [0, 0.05) is 19.0 Å². The highest BCUT2D eigenvalue weighted by Crippen LogP contribution is 2.30. The maximum Gasteiger partial charge on any atom is 0.134 e. The Balaban J connectivity index is 1.80. The molecule has 0 spiro atoms. The summed E-state index contributed by atoms with van der Waals surface area (Å²) in [6, 6.07) is 1.81. The number of nitrogens with one attached hydrogen (secondary N) is 1. The highest BCUT2D eigenvalue weighted by atomic mass is 35.5. The zero-order valence-corrected chi connectivity index (χ0v) is 12.7. The fraction of sp³-hybridized carbons (Fsp3) is 0.733. The fourth-order valence-electron chi connectivity index (χ4n) is 2.94. The van der Waals surface area contributed by atoms with Crippen molar-refractivity contribution in [3.8, 4) is 0 Å². The normalized spacial score (nSPS) is 23.3. The topological polar surface area (TPSA) is 37.8 Å². The lowest BCUT2D eigenvalue weighted by Gasteiger charge is -2.26. The SMILES string of the molecule is CCc1nc(Cl)cc(NCCC2CCCC(C)C2)n1. The molecule has 0 aromatic carbocycles. The van der Waals surface area contributed by atoms with Crippen LogP contribution in [0, 0.1) is 11.8 Å². The van der Waals surface area contributed by atoms with Gasteiger partial charge in [0.1, 0.15) is 16.8 Å². The first-order valence-corrected chi connectivity index (χ1v) is 7.82. The van der Waals surface area contributed by atoms with Crippen molar-refractivity contribution in [3.05, 3.63) is 17.0 Å². The summed E-state index contributed by atoms with van der Waals surface area (Å²) in [5.74, 6) is 3.44. The number of halogens is 1. The van der Waals surface area contributed by atoms with Gasteiger partial charge in [-0.1, -0.05) is 44.7 Å². The van der Waals surface area contributed by atoms with Crippen LogP contribution >= 0.6 is 11.6 Å². The van der Waals surface area contributed by atoms with Crippen molar-refractivity contribution < 1.29 is 0 Å². The van der Waals surface area contributed by atoms with Crippen LogP contribution in [0.4, 0.5) is 5.82 Å². The minimum absolute atomic E-state index is 0.528. The van der Waals surface area contributed by atoms with E-state index in [2.05, 4.69) is 22.2 Å². The van der Waals surface area contributed by atoms with E-state index < -0.39 is 0 Å². The van der Waals surface area contributed by atoms with E-state index in [0.29, 0.717) is 5.15 Å². The number of aromatic nitrogens is 2. The van der Waals surface area contributed by atoms with Crippen LogP contribution in [0.3, 0.4) is 0 Å². The largest absolute Gasteiger partial charge is 0.370 e. The third kappa shape index (κ3) is 4.64. The van der Waals surface area contributed by atoms with Crippen molar-refractivity contribution in [2.75, 3.05) is 11.9 Å². The summed E-state index contributed by atoms with van der Waals surface area (Å²) in [6.07, 6.45) is 7.61. The molecule has 1 aliphatic carbocycles. The molecule has 0 aliphatic heterocycles. The summed E-state index contributed by atoms with van der Waals surface area (Å²) in [5, 5.41) is 3.92. The van der Waals surface area contributed by atoms with Gasteiger partial charge in [0.2, 0.25) is 0 Å². The summed E-state index contributed by atoms with van der Waals surface area (Å²) in [6.45, 7) is 5.39. The van der Waals surface area contributed by atoms with Crippen LogP contribution in [0.5, 0.6) is 0 Å². The second kappa shape index (κ2) is 7.09. The molecule has 19 heavy (non-hydrogen) atoms. The van der Waals surface area contributed by atoms with Crippen molar-refractivity contribution in [1.29, 1.82) is 0 Å². The molecule has 0 saturated heterocycles. The quantitative estimate of drug-likeness (QED) is 0.817. The zero-order valence-electron chi connectivity index (χ0n) is 12.0. The molecule has 106 valence electrons. The first kappa shape index (κ1) is 14.6. The average Bonchev–Trinajstić information content (AvgIpc) is 2.38. The predicted molar refractivity (Wildman–Crippen MR) is 80.6 cm³/mol. The van der Waals surface area contributed by atoms with Gasteiger partial charge in [-0.2, -0.15) is 0 Å². The Morgan fingerprint density at radius 1 is 1.37 bits per heavy atom. The first-order chi connectivity index (χ1) is 9.17. The van der Waals surface area contributed by atoms with Crippen LogP contribution in [-0.2, 0) is 6.42 Å². The predicted octanol–water partition coefficient (Wildman–Crippen LogP) is 4.32. The number of hydrogen-bond donors (Lipinski definition) is 1. The molecule has 2 unspecified atom stereocenters. The fourth-order valence-corrected chi connectivity index (χ4v) is 3.14. The van der Waals surface area contributed by atoms with Crippen molar-refractivity contribution in [3.63, 3.8) is 0 Å². The Morgan fingerprint density at radius 2 is 2.21 bits per heavy atom. The molecule has 0 radical (unpaired) electrons. The molecular weight excluding hydrogens is 258 g/mol. The number of aryl methyl sites for hydroxylation is 1. The Labute approximate surface area is 121 Å². The van der Waals surface area contributed by atoms with Crippen molar-refractivity contribution >= 4 is 17.4 Å². The van der Waals surface area contributed by atoms with Crippen LogP contribution < -0.4 is 5.32 Å². The van der Waals surface area contributed by atoms with Crippen molar-refractivity contribution in [1.82, 2.24) is 9.97 Å². The van der Waals surface area contributed by atoms with Gasteiger partial charge in [0.15, 0.2) is 0 Å². The smallest absolute Gasteiger partial charge is 0.134 e. The van der Waals surface area contributed by atoms with Crippen LogP contribution in [0.2, 0.25) is 5.15 Å². The maximum absolute atomic E-state index is 5.98. The van der Waals surface area contributed by atoms with E-state index >= 15 is 0 Å². The number of nitrogens with zero attached hydrogens (tertiary/aromatic N) is 2. The van der Waals surface area contributed by atoms with Gasteiger partial charge in [-0.25, -0.2) is 9.97 Å². The highest BCUT2D eigenvalue weighted by Gasteiger charge is 2.18. The third-order valence-electron chi connectivity index (χ3n) is 3.96. The standard InChI is InChI=1S/C15H24ClN3/c1-3-14-18-13(16)10-15(19-14)17-8-7-12-6-4-5-11(2)9-12/h10-12H,3-9H2,1-2H3,(H,17,18,19). The van der Waals surface area contributed by atoms with Crippen molar-refractivity contribution in [2.45, 2.75) is 52.4 Å². The Bertz CT molecular complexity index is 408. The molecule has 0 amide bonds. The Hall–Kier alpha value is -0.830. The molecule has 1 aromatic heterocycles. The molecule has 4 heteroatoms. The summed E-state index contributed by atoms with van der Waals surface area (Å²) in [4.78, 5) is 8.62. The number of rotatable bonds is 5. The number of hydrogen-bond acceptors (Lipinski definition) is 3. The summed E-state index contributed by atoms with van der Waals surface area (Å²) >= 11 is 5.98. The lowest BCUT2D eigenvalue weighted by molar-refractivity contribution is 0.274. The lowest BCUT2D eigenvalue weighted by atomic mass is 9.81. The van der Waals surface area contributed by atoms with Crippen LogP contribution in [0.15, 0.2) is 6.07 Å². The van der Waals surface area contributed by atoms with Gasteiger partial charge in [-0.15, -0.1) is 0 Å². The molecule has 1 aliphatic rings. The van der Waals surface area contributed by atoms with Crippen molar-refractivity contribution in [2.24, 2.45) is 11.8 Å². The second-order valence-corrected chi connectivity index (χ2v) is 6.09. The van der Waals surface area contributed by atoms with E-state index in [1.807, 2.05) is 13.0 Å². The zero-order chi connectivity index (χ0) is 13.7. The molecule has 1 saturated carbocycles. The monoisotopic (exact) mass is 281 g/mol. The molecule has 1 heterocycles. The Kier molecular flexibility index (Phi) is 5.44. The van der Waals surface area contributed by atoms with E-state index in [0.717, 1.165) is 36.4 Å². The van der Waals surface area contributed by atoms with Crippen LogP contribution in [0.1, 0.15) is 51.8 Å². The van der Waals surface area contributed by atoms with Gasteiger partial charge in [0.05, 0.1) is 0 Å². The minimum Gasteiger partial charge on any atom is -0.370 e. The van der Waals surface area contributed by atoms with Crippen LogP contribution in [-0.4, -0.2) is 16.5 Å². The molecule has 2 rings (SSSR count). The molecular formula is C15H24ClN3. The lowest BCUT2D eigenvalue weighted by Crippen LogP contribution is -2.17. The van der Waals surface area contributed by atoms with Gasteiger partial charge in [-0.05, 0) is 24.7 Å². The van der Waals surface area contributed by atoms with E-state index in [9.17, 15) is 0 Å². The summed E-state index contributed by atoms with van der Waals surface area (Å²) in [5.41, 5.74) is 0. The van der Waals surface area contributed by atoms with E-state index in [-0.39, 0.29) is 0 Å². The maximum atomic E-state index is 5.98. The average molecular weight is 282 g/mol. The van der Waals surface area contributed by atoms with E-state index in [1.165, 1.54) is 32.1 Å². The van der Waals surface area contributed by atoms with Gasteiger partial charge < -0.3 is 5.32 Å². The molecule has 2 atom stereocenters. The highest BCUT2D eigenvalue weighted by molar-refractivity contribution is 6.29. The van der Waals surface area contributed by atoms with E-state index in [1.54, 1.807) is 0 Å². The minimum atomic E-state index is 0.528. The third-order valence-corrected chi connectivity index (χ3v) is 4.15. The molecule has 1 fully saturated rings. The summed E-state index contributed by atoms with van der Waals surface area (Å²) < 4.78 is 0. The molecule has 0 bridgehead atoms. The van der Waals surface area contributed by atoms with Gasteiger partial charge >= 0.3 is 0 Å².